The summed E-state index contributed by atoms with van der Waals surface area (Å²) in [5.41, 5.74) is 6.50. The summed E-state index contributed by atoms with van der Waals surface area (Å²) in [6.45, 7) is 0.257. The van der Waals surface area contributed by atoms with E-state index < -0.39 is 6.04 Å². The van der Waals surface area contributed by atoms with Crippen LogP contribution in [-0.2, 0) is 11.2 Å². The molecule has 0 aliphatic rings. The summed E-state index contributed by atoms with van der Waals surface area (Å²) in [6.07, 6.45) is 6.34. The largest absolute Gasteiger partial charge is 0.481 e. The smallest absolute Gasteiger partial charge is 0.148 e. The van der Waals surface area contributed by atoms with Crippen LogP contribution in [0.5, 0.6) is 5.75 Å². The number of hydrogen-bond donors (Lipinski definition) is 1. The molecule has 0 heterocycles. The van der Waals surface area contributed by atoms with Crippen molar-refractivity contribution in [2.24, 2.45) is 5.73 Å². The predicted molar refractivity (Wildman–Crippen MR) is 58.5 cm³/mol. The maximum atomic E-state index is 10.3. The highest BCUT2D eigenvalue weighted by molar-refractivity contribution is 5.57. The number of hydrogen-bond acceptors (Lipinski definition) is 3. The van der Waals surface area contributed by atoms with Crippen LogP contribution in [-0.4, -0.2) is 18.9 Å². The normalized spacial score (nSPS) is 11.5. The molecule has 78 valence electrons. The average molecular weight is 203 g/mol. The standard InChI is InChI=1S/C12H13NO2/c1-2-7-15-12-5-3-10(4-6-12)8-11(13)9-14/h1,3-6,9,11H,7-8,13H2. The van der Waals surface area contributed by atoms with Crippen LogP contribution in [0.4, 0.5) is 0 Å². The lowest BCUT2D eigenvalue weighted by Gasteiger charge is -2.06. The molecule has 0 aliphatic heterocycles. The van der Waals surface area contributed by atoms with Crippen LogP contribution >= 0.6 is 0 Å². The molecule has 2 N–H and O–H groups in total. The third kappa shape index (κ3) is 3.84. The molecule has 0 aliphatic carbocycles. The van der Waals surface area contributed by atoms with Crippen molar-refractivity contribution in [1.82, 2.24) is 0 Å². The van der Waals surface area contributed by atoms with E-state index in [1.807, 2.05) is 24.3 Å². The molecule has 1 aromatic carbocycles. The number of nitrogens with two attached hydrogens (primary N) is 1. The molecule has 0 fully saturated rings. The van der Waals surface area contributed by atoms with E-state index in [0.29, 0.717) is 6.42 Å². The lowest BCUT2D eigenvalue weighted by atomic mass is 10.1. The van der Waals surface area contributed by atoms with Crippen molar-refractivity contribution in [3.05, 3.63) is 29.8 Å². The van der Waals surface area contributed by atoms with Gasteiger partial charge < -0.3 is 15.3 Å². The number of benzene rings is 1. The zero-order valence-corrected chi connectivity index (χ0v) is 8.35. The van der Waals surface area contributed by atoms with Gasteiger partial charge >= 0.3 is 0 Å². The second kappa shape index (κ2) is 5.84. The van der Waals surface area contributed by atoms with Gasteiger partial charge in [0, 0.05) is 0 Å². The van der Waals surface area contributed by atoms with E-state index in [-0.39, 0.29) is 6.61 Å². The van der Waals surface area contributed by atoms with Crippen LogP contribution < -0.4 is 10.5 Å². The van der Waals surface area contributed by atoms with Crippen molar-refractivity contribution in [2.45, 2.75) is 12.5 Å². The monoisotopic (exact) mass is 203 g/mol. The first-order chi connectivity index (χ1) is 7.26. The SMILES string of the molecule is C#CCOc1ccc(CC(N)C=O)cc1. The number of ether oxygens (including phenoxy) is 1. The Morgan fingerprint density at radius 1 is 1.47 bits per heavy atom. The maximum absolute atomic E-state index is 10.3. The summed E-state index contributed by atoms with van der Waals surface area (Å²) in [5.74, 6) is 3.10. The Kier molecular flexibility index (Phi) is 4.39. The Morgan fingerprint density at radius 3 is 2.67 bits per heavy atom. The summed E-state index contributed by atoms with van der Waals surface area (Å²) in [5, 5.41) is 0. The van der Waals surface area contributed by atoms with Crippen molar-refractivity contribution >= 4 is 6.29 Å². The van der Waals surface area contributed by atoms with E-state index in [1.54, 1.807) is 0 Å². The molecule has 15 heavy (non-hydrogen) atoms. The predicted octanol–water partition coefficient (Wildman–Crippen LogP) is 0.767. The number of aldehydes is 1. The average Bonchev–Trinajstić information content (AvgIpc) is 2.28. The minimum Gasteiger partial charge on any atom is -0.481 e. The van der Waals surface area contributed by atoms with Crippen molar-refractivity contribution in [3.8, 4) is 18.1 Å². The molecule has 1 atom stereocenters. The zero-order chi connectivity index (χ0) is 11.1. The van der Waals surface area contributed by atoms with Crippen molar-refractivity contribution in [1.29, 1.82) is 0 Å². The van der Waals surface area contributed by atoms with Gasteiger partial charge in [0.05, 0.1) is 6.04 Å². The first-order valence-electron chi connectivity index (χ1n) is 4.62. The first-order valence-corrected chi connectivity index (χ1v) is 4.62. The van der Waals surface area contributed by atoms with E-state index in [2.05, 4.69) is 5.92 Å². The quantitative estimate of drug-likeness (QED) is 0.568. The molecular formula is C12H13NO2. The van der Waals surface area contributed by atoms with Gasteiger partial charge in [0.15, 0.2) is 0 Å². The third-order valence-corrected chi connectivity index (χ3v) is 1.89. The van der Waals surface area contributed by atoms with Crippen molar-refractivity contribution in [2.75, 3.05) is 6.61 Å². The van der Waals surface area contributed by atoms with E-state index >= 15 is 0 Å². The van der Waals surface area contributed by atoms with Gasteiger partial charge in [-0.25, -0.2) is 0 Å². The molecule has 0 radical (unpaired) electrons. The van der Waals surface area contributed by atoms with Gasteiger partial charge in [-0.05, 0) is 24.1 Å². The van der Waals surface area contributed by atoms with Crippen molar-refractivity contribution in [3.63, 3.8) is 0 Å². The molecule has 3 heteroatoms. The molecule has 0 aromatic heterocycles. The fourth-order valence-electron chi connectivity index (χ4n) is 1.17. The Morgan fingerprint density at radius 2 is 2.13 bits per heavy atom. The van der Waals surface area contributed by atoms with E-state index in [0.717, 1.165) is 17.6 Å². The third-order valence-electron chi connectivity index (χ3n) is 1.89. The van der Waals surface area contributed by atoms with Gasteiger partial charge in [0.1, 0.15) is 18.6 Å². The summed E-state index contributed by atoms with van der Waals surface area (Å²) in [7, 11) is 0. The van der Waals surface area contributed by atoms with Crippen LogP contribution in [0, 0.1) is 12.3 Å². The van der Waals surface area contributed by atoms with Gasteiger partial charge in [0.25, 0.3) is 0 Å². The van der Waals surface area contributed by atoms with Gasteiger partial charge in [-0.3, -0.25) is 0 Å². The number of carbonyl (C=O) groups excluding carboxylic acids is 1. The minimum atomic E-state index is -0.442. The lowest BCUT2D eigenvalue weighted by Crippen LogP contribution is -2.23. The van der Waals surface area contributed by atoms with Gasteiger partial charge in [0.2, 0.25) is 0 Å². The van der Waals surface area contributed by atoms with Crippen LogP contribution in [0.25, 0.3) is 0 Å². The Bertz CT molecular complexity index is 351. The van der Waals surface area contributed by atoms with Crippen LogP contribution in [0.3, 0.4) is 0 Å². The summed E-state index contributed by atoms with van der Waals surface area (Å²) in [4.78, 5) is 10.3. The molecule has 1 aromatic rings. The van der Waals surface area contributed by atoms with Gasteiger partial charge in [-0.1, -0.05) is 18.1 Å². The van der Waals surface area contributed by atoms with Crippen LogP contribution in [0.2, 0.25) is 0 Å². The van der Waals surface area contributed by atoms with Gasteiger partial charge in [-0.15, -0.1) is 6.42 Å². The van der Waals surface area contributed by atoms with Crippen molar-refractivity contribution < 1.29 is 9.53 Å². The summed E-state index contributed by atoms with van der Waals surface area (Å²) in [6, 6.07) is 6.92. The first kappa shape index (κ1) is 11.3. The van der Waals surface area contributed by atoms with Gasteiger partial charge in [-0.2, -0.15) is 0 Å². The van der Waals surface area contributed by atoms with E-state index in [1.165, 1.54) is 0 Å². The molecule has 0 saturated carbocycles. The Labute approximate surface area is 89.2 Å². The highest BCUT2D eigenvalue weighted by Crippen LogP contribution is 2.12. The molecule has 1 unspecified atom stereocenters. The fourth-order valence-corrected chi connectivity index (χ4v) is 1.17. The second-order valence-electron chi connectivity index (χ2n) is 3.14. The Hall–Kier alpha value is -1.79. The summed E-state index contributed by atoms with van der Waals surface area (Å²) >= 11 is 0. The molecule has 0 amide bonds. The van der Waals surface area contributed by atoms with E-state index in [4.69, 9.17) is 16.9 Å². The minimum absolute atomic E-state index is 0.257. The summed E-state index contributed by atoms with van der Waals surface area (Å²) < 4.78 is 5.20. The fraction of sp³-hybridized carbons (Fsp3) is 0.250. The highest BCUT2D eigenvalue weighted by atomic mass is 16.5. The molecular weight excluding hydrogens is 190 g/mol. The zero-order valence-electron chi connectivity index (χ0n) is 8.35. The topological polar surface area (TPSA) is 52.3 Å². The Balaban J connectivity index is 2.56. The van der Waals surface area contributed by atoms with Crippen LogP contribution in [0.1, 0.15) is 5.56 Å². The molecule has 0 spiro atoms. The molecule has 0 bridgehead atoms. The number of carbonyl (C=O) groups is 1. The molecule has 0 saturated heterocycles. The molecule has 1 rings (SSSR count). The van der Waals surface area contributed by atoms with E-state index in [9.17, 15) is 4.79 Å². The number of terminal acetylenes is 1. The van der Waals surface area contributed by atoms with Crippen LogP contribution in [0.15, 0.2) is 24.3 Å². The highest BCUT2D eigenvalue weighted by Gasteiger charge is 2.01. The lowest BCUT2D eigenvalue weighted by molar-refractivity contribution is -0.108. The maximum Gasteiger partial charge on any atom is 0.148 e. The number of rotatable bonds is 5. The second-order valence-corrected chi connectivity index (χ2v) is 3.14. The molecule has 3 nitrogen and oxygen atoms in total.